The zero-order valence-corrected chi connectivity index (χ0v) is 19.6. The van der Waals surface area contributed by atoms with Crippen molar-refractivity contribution in [2.24, 2.45) is 18.7 Å². The van der Waals surface area contributed by atoms with Gasteiger partial charge in [-0.15, -0.1) is 0 Å². The smallest absolute Gasteiger partial charge is 0.326 e. The maximum atomic E-state index is 13.0. The highest BCUT2D eigenvalue weighted by Gasteiger charge is 2.41. The van der Waals surface area contributed by atoms with Crippen molar-refractivity contribution in [2.75, 3.05) is 19.6 Å². The van der Waals surface area contributed by atoms with Crippen LogP contribution in [0.3, 0.4) is 0 Å². The van der Waals surface area contributed by atoms with Crippen LogP contribution < -0.4 is 5.73 Å². The van der Waals surface area contributed by atoms with Crippen LogP contribution in [0.1, 0.15) is 37.7 Å². The number of nitrogens with two attached hydrogens (primary N) is 1. The van der Waals surface area contributed by atoms with Crippen molar-refractivity contribution in [3.63, 3.8) is 0 Å². The zero-order valence-electron chi connectivity index (χ0n) is 19.6. The van der Waals surface area contributed by atoms with Gasteiger partial charge in [0.2, 0.25) is 11.8 Å². The van der Waals surface area contributed by atoms with Crippen molar-refractivity contribution in [2.45, 2.75) is 50.6 Å². The lowest BCUT2D eigenvalue weighted by Gasteiger charge is -2.25. The van der Waals surface area contributed by atoms with Gasteiger partial charge in [-0.25, -0.2) is 4.79 Å². The van der Waals surface area contributed by atoms with Crippen LogP contribution >= 0.6 is 0 Å². The van der Waals surface area contributed by atoms with Gasteiger partial charge < -0.3 is 20.6 Å². The number of hydrogen-bond donors (Lipinski definition) is 2. The lowest BCUT2D eigenvalue weighted by Crippen LogP contribution is -2.48. The Bertz CT molecular complexity index is 1050. The van der Waals surface area contributed by atoms with Gasteiger partial charge in [0, 0.05) is 44.9 Å². The molecule has 34 heavy (non-hydrogen) atoms. The molecule has 3 heterocycles. The van der Waals surface area contributed by atoms with Crippen LogP contribution in [0.25, 0.3) is 11.3 Å². The third-order valence-electron chi connectivity index (χ3n) is 6.97. The molecule has 2 fully saturated rings. The summed E-state index contributed by atoms with van der Waals surface area (Å²) in [6.07, 6.45) is 5.27. The fourth-order valence-corrected chi connectivity index (χ4v) is 5.14. The minimum atomic E-state index is -1.01. The molecule has 9 heteroatoms. The van der Waals surface area contributed by atoms with Gasteiger partial charge in [-0.3, -0.25) is 14.3 Å². The molecule has 2 aliphatic heterocycles. The predicted octanol–water partition coefficient (Wildman–Crippen LogP) is 1.66. The molecule has 0 aliphatic carbocycles. The van der Waals surface area contributed by atoms with Gasteiger partial charge in [0.05, 0.1) is 11.7 Å². The molecule has 0 unspecified atom stereocenters. The van der Waals surface area contributed by atoms with E-state index in [2.05, 4.69) is 11.2 Å². The number of aliphatic carboxylic acids is 1. The van der Waals surface area contributed by atoms with E-state index in [1.807, 2.05) is 40.9 Å². The van der Waals surface area contributed by atoms with Gasteiger partial charge in [0.1, 0.15) is 6.04 Å². The Hall–Kier alpha value is -3.20. The topological polar surface area (TPSA) is 122 Å². The highest BCUT2D eigenvalue weighted by Crippen LogP contribution is 2.29. The molecule has 2 amide bonds. The Morgan fingerprint density at radius 3 is 2.65 bits per heavy atom. The monoisotopic (exact) mass is 467 g/mol. The number of likely N-dealkylation sites (tertiary alicyclic amines) is 2. The number of amides is 2. The Balaban J connectivity index is 1.38. The standard InChI is InChI=1S/C25H33N5O4/c1-28-21(9-10-27-28)19-6-4-5-17(14-19)13-18-15-22(25(33)34)30(16-18)24(32)20(26)7-8-23(31)29-11-2-3-12-29/h4-6,9-10,14,18,20,22H,2-3,7-8,11-13,15-16,26H2,1H3,(H,33,34)/t18-,20-,22+/m1/s1. The Labute approximate surface area is 199 Å². The van der Waals surface area contributed by atoms with Crippen LogP contribution in [0.5, 0.6) is 0 Å². The van der Waals surface area contributed by atoms with Crippen molar-refractivity contribution in [1.82, 2.24) is 19.6 Å². The minimum absolute atomic E-state index is 0.0168. The molecule has 182 valence electrons. The van der Waals surface area contributed by atoms with Crippen molar-refractivity contribution < 1.29 is 19.5 Å². The second kappa shape index (κ2) is 10.4. The van der Waals surface area contributed by atoms with Crippen molar-refractivity contribution >= 4 is 17.8 Å². The van der Waals surface area contributed by atoms with E-state index in [0.29, 0.717) is 19.4 Å². The molecule has 3 atom stereocenters. The number of carboxylic acid groups (broad SMARTS) is 1. The fourth-order valence-electron chi connectivity index (χ4n) is 5.14. The van der Waals surface area contributed by atoms with E-state index in [1.54, 1.807) is 6.20 Å². The summed E-state index contributed by atoms with van der Waals surface area (Å²) >= 11 is 0. The second-order valence-corrected chi connectivity index (χ2v) is 9.42. The number of carbonyl (C=O) groups is 3. The summed E-state index contributed by atoms with van der Waals surface area (Å²) in [6.45, 7) is 1.87. The molecule has 1 aromatic carbocycles. The molecular weight excluding hydrogens is 434 g/mol. The Kier molecular flexibility index (Phi) is 7.31. The van der Waals surface area contributed by atoms with Gasteiger partial charge in [-0.2, -0.15) is 5.10 Å². The third-order valence-corrected chi connectivity index (χ3v) is 6.97. The molecule has 4 rings (SSSR count). The van der Waals surface area contributed by atoms with E-state index in [9.17, 15) is 19.5 Å². The lowest BCUT2D eigenvalue weighted by molar-refractivity contribution is -0.148. The minimum Gasteiger partial charge on any atom is -0.480 e. The molecule has 1 aromatic heterocycles. The molecular formula is C25H33N5O4. The summed E-state index contributed by atoms with van der Waals surface area (Å²) in [6, 6.07) is 8.30. The first-order valence-corrected chi connectivity index (χ1v) is 12.0. The second-order valence-electron chi connectivity index (χ2n) is 9.42. The van der Waals surface area contributed by atoms with Crippen LogP contribution in [0.2, 0.25) is 0 Å². The van der Waals surface area contributed by atoms with Crippen molar-refractivity contribution in [1.29, 1.82) is 0 Å². The van der Waals surface area contributed by atoms with Crippen LogP contribution in [0, 0.1) is 5.92 Å². The van der Waals surface area contributed by atoms with Crippen molar-refractivity contribution in [3.05, 3.63) is 42.1 Å². The van der Waals surface area contributed by atoms with Gasteiger partial charge >= 0.3 is 5.97 Å². The number of aromatic nitrogens is 2. The Morgan fingerprint density at radius 1 is 1.21 bits per heavy atom. The summed E-state index contributed by atoms with van der Waals surface area (Å²) in [5, 5.41) is 14.0. The number of nitrogens with zero attached hydrogens (tertiary/aromatic N) is 4. The molecule has 0 radical (unpaired) electrons. The average Bonchev–Trinajstić information content (AvgIpc) is 3.58. The first-order valence-electron chi connectivity index (χ1n) is 12.0. The molecule has 2 aromatic rings. The van der Waals surface area contributed by atoms with Crippen molar-refractivity contribution in [3.8, 4) is 11.3 Å². The van der Waals surface area contributed by atoms with E-state index in [-0.39, 0.29) is 30.6 Å². The van der Waals surface area contributed by atoms with E-state index in [0.717, 1.165) is 42.8 Å². The van der Waals surface area contributed by atoms with E-state index >= 15 is 0 Å². The SMILES string of the molecule is Cn1nccc1-c1cccc(C[C@@H]2C[C@@H](C(=O)O)N(C(=O)[C@H](N)CCC(=O)N3CCCC3)C2)c1. The average molecular weight is 468 g/mol. The van der Waals surface area contributed by atoms with Crippen LogP contribution in [-0.2, 0) is 27.9 Å². The van der Waals surface area contributed by atoms with E-state index in [1.165, 1.54) is 4.90 Å². The summed E-state index contributed by atoms with van der Waals surface area (Å²) in [5.74, 6) is -1.36. The maximum absolute atomic E-state index is 13.0. The Morgan fingerprint density at radius 2 is 1.97 bits per heavy atom. The number of aryl methyl sites for hydroxylation is 1. The third kappa shape index (κ3) is 5.30. The molecule has 2 aliphatic rings. The zero-order chi connectivity index (χ0) is 24.2. The number of benzene rings is 1. The quantitative estimate of drug-likeness (QED) is 0.609. The summed E-state index contributed by atoms with van der Waals surface area (Å²) < 4.78 is 1.81. The molecule has 0 spiro atoms. The maximum Gasteiger partial charge on any atom is 0.326 e. The number of carboxylic acids is 1. The van der Waals surface area contributed by atoms with Crippen LogP contribution in [0.4, 0.5) is 0 Å². The molecule has 0 saturated carbocycles. The predicted molar refractivity (Wildman–Crippen MR) is 127 cm³/mol. The normalized spacial score (nSPS) is 21.1. The van der Waals surface area contributed by atoms with E-state index in [4.69, 9.17) is 5.73 Å². The first kappa shape index (κ1) is 23.9. The summed E-state index contributed by atoms with van der Waals surface area (Å²) in [7, 11) is 1.89. The number of hydrogen-bond acceptors (Lipinski definition) is 5. The molecule has 2 saturated heterocycles. The highest BCUT2D eigenvalue weighted by atomic mass is 16.4. The fraction of sp³-hybridized carbons (Fsp3) is 0.520. The van der Waals surface area contributed by atoms with Crippen LogP contribution in [0.15, 0.2) is 36.5 Å². The molecule has 3 N–H and O–H groups in total. The summed E-state index contributed by atoms with van der Waals surface area (Å²) in [4.78, 5) is 40.5. The first-order chi connectivity index (χ1) is 16.3. The van der Waals surface area contributed by atoms with Gasteiger partial charge in [-0.05, 0) is 55.7 Å². The molecule has 0 bridgehead atoms. The van der Waals surface area contributed by atoms with Gasteiger partial charge in [-0.1, -0.05) is 18.2 Å². The van der Waals surface area contributed by atoms with Gasteiger partial charge in [0.15, 0.2) is 0 Å². The number of carbonyl (C=O) groups excluding carboxylic acids is 2. The number of rotatable bonds is 8. The van der Waals surface area contributed by atoms with E-state index < -0.39 is 18.1 Å². The lowest BCUT2D eigenvalue weighted by atomic mass is 9.95. The summed E-state index contributed by atoms with van der Waals surface area (Å²) in [5.41, 5.74) is 9.26. The largest absolute Gasteiger partial charge is 0.480 e. The van der Waals surface area contributed by atoms with Crippen LogP contribution in [-0.4, -0.2) is 74.2 Å². The van der Waals surface area contributed by atoms with Gasteiger partial charge in [0.25, 0.3) is 0 Å². The highest BCUT2D eigenvalue weighted by molar-refractivity contribution is 5.88. The molecule has 9 nitrogen and oxygen atoms in total.